The van der Waals surface area contributed by atoms with Gasteiger partial charge in [-0.3, -0.25) is 0 Å². The number of hydrogen-bond donors (Lipinski definition) is 0. The minimum Gasteiger partial charge on any atom is -0.304 e. The molecule has 0 saturated carbocycles. The summed E-state index contributed by atoms with van der Waals surface area (Å²) >= 11 is 0. The number of pyridine rings is 2. The molecule has 0 spiro atoms. The van der Waals surface area contributed by atoms with Crippen molar-refractivity contribution in [2.75, 3.05) is 0 Å². The van der Waals surface area contributed by atoms with E-state index in [9.17, 15) is 0 Å². The van der Waals surface area contributed by atoms with Gasteiger partial charge in [-0.25, -0.2) is 0 Å². The van der Waals surface area contributed by atoms with E-state index in [1.807, 2.05) is 18.3 Å². The molecule has 0 aliphatic heterocycles. The maximum atomic E-state index is 7.28. The molecule has 2 heterocycles. The molecule has 0 aliphatic carbocycles. The van der Waals surface area contributed by atoms with E-state index < -0.39 is 13.7 Å². The Bertz CT molecular complexity index is 2470. The summed E-state index contributed by atoms with van der Waals surface area (Å²) < 4.78 is 43.6. The minimum absolute atomic E-state index is 0. The third-order valence-electron chi connectivity index (χ3n) is 8.20. The van der Waals surface area contributed by atoms with Crippen LogP contribution in [0.15, 0.2) is 152 Å². The molecule has 0 aliphatic rings. The molecule has 0 saturated heterocycles. The van der Waals surface area contributed by atoms with E-state index in [2.05, 4.69) is 121 Å². The molecule has 1 radical (unpaired) electrons. The van der Waals surface area contributed by atoms with E-state index >= 15 is 0 Å². The van der Waals surface area contributed by atoms with E-state index in [0.717, 1.165) is 11.3 Å². The van der Waals surface area contributed by atoms with Crippen LogP contribution in [0, 0.1) is 32.8 Å². The summed E-state index contributed by atoms with van der Waals surface area (Å²) in [4.78, 5) is 8.83. The molecule has 0 atom stereocenters. The fourth-order valence-electron chi connectivity index (χ4n) is 5.81. The summed E-state index contributed by atoms with van der Waals surface area (Å²) in [7, 11) is 0. The van der Waals surface area contributed by atoms with Crippen LogP contribution in [0.5, 0.6) is 0 Å². The van der Waals surface area contributed by atoms with Crippen molar-refractivity contribution < 1.29 is 28.3 Å². The Morgan fingerprint density at radius 1 is 0.542 bits per heavy atom. The van der Waals surface area contributed by atoms with Crippen LogP contribution in [-0.2, 0) is 20.1 Å². The van der Waals surface area contributed by atoms with Gasteiger partial charge < -0.3 is 9.97 Å². The molecular formula is C45H34IrN2-2. The number of fused-ring (bicyclic) bond motifs is 3. The molecule has 8 aromatic rings. The van der Waals surface area contributed by atoms with E-state index in [4.69, 9.17) is 13.2 Å². The molecular weight excluding hydrogens is 761 g/mol. The van der Waals surface area contributed by atoms with Crippen LogP contribution in [0.4, 0.5) is 0 Å². The number of nitrogens with zero attached hydrogens (tertiary/aromatic N) is 2. The van der Waals surface area contributed by atoms with Gasteiger partial charge in [0.05, 0.1) is 0 Å². The quantitative estimate of drug-likeness (QED) is 0.131. The van der Waals surface area contributed by atoms with Crippen molar-refractivity contribution in [1.29, 1.82) is 0 Å². The van der Waals surface area contributed by atoms with Gasteiger partial charge in [-0.2, -0.15) is 0 Å². The molecule has 8 rings (SSSR count). The largest absolute Gasteiger partial charge is 0.304 e. The fourth-order valence-corrected chi connectivity index (χ4v) is 5.81. The zero-order chi connectivity index (χ0) is 37.2. The molecule has 48 heavy (non-hydrogen) atoms. The first kappa shape index (κ1) is 25.8. The van der Waals surface area contributed by atoms with Crippen molar-refractivity contribution >= 4 is 21.5 Å². The average molecular weight is 801 g/mol. The zero-order valence-electron chi connectivity index (χ0n) is 32.2. The Morgan fingerprint density at radius 3 is 2.02 bits per heavy atom. The van der Waals surface area contributed by atoms with Crippen LogP contribution in [-0.4, -0.2) is 9.97 Å². The minimum atomic E-state index is -2.18. The van der Waals surface area contributed by atoms with Crippen LogP contribution in [0.2, 0.25) is 0 Å². The molecule has 0 N–H and O–H groups in total. The van der Waals surface area contributed by atoms with Gasteiger partial charge in [0.25, 0.3) is 0 Å². The third-order valence-corrected chi connectivity index (χ3v) is 8.20. The van der Waals surface area contributed by atoms with Crippen molar-refractivity contribution in [3.63, 3.8) is 0 Å². The van der Waals surface area contributed by atoms with Gasteiger partial charge >= 0.3 is 0 Å². The standard InChI is InChI=1S/C32H22N.C13H12N.Ir/c1-22-21-33-32(20-30(22)23-10-3-2-4-11-23)26-14-9-13-24(18-26)31-19-25-12-5-6-15-27(25)28-16-7-8-17-29(28)31;1-10-3-6-12(7-4-10)13-8-5-11(2)9-14-13;/h2-13,15-21H,1H3;3-6,8-9H,1-2H3;/q2*-1;/i;1D3,2D3;. The maximum absolute atomic E-state index is 7.28. The topological polar surface area (TPSA) is 25.8 Å². The Balaban J connectivity index is 0.000000205. The molecule has 3 heteroatoms. The number of aromatic nitrogens is 2. The molecule has 235 valence electrons. The van der Waals surface area contributed by atoms with Gasteiger partial charge in [0.2, 0.25) is 0 Å². The van der Waals surface area contributed by atoms with Crippen LogP contribution >= 0.6 is 0 Å². The summed E-state index contributed by atoms with van der Waals surface area (Å²) in [5.41, 5.74) is 9.47. The van der Waals surface area contributed by atoms with E-state index in [-0.39, 0.29) is 31.2 Å². The first-order valence-corrected chi connectivity index (χ1v) is 15.4. The van der Waals surface area contributed by atoms with Gasteiger partial charge in [0.1, 0.15) is 0 Å². The normalized spacial score (nSPS) is 13.0. The van der Waals surface area contributed by atoms with E-state index in [0.29, 0.717) is 11.3 Å². The van der Waals surface area contributed by atoms with Crippen molar-refractivity contribution in [3.05, 3.63) is 181 Å². The smallest absolute Gasteiger partial charge is 0.0280 e. The number of rotatable bonds is 4. The monoisotopic (exact) mass is 801 g/mol. The van der Waals surface area contributed by atoms with Crippen LogP contribution in [0.3, 0.4) is 0 Å². The zero-order valence-corrected chi connectivity index (χ0v) is 28.6. The van der Waals surface area contributed by atoms with Crippen molar-refractivity contribution in [1.82, 2.24) is 9.97 Å². The van der Waals surface area contributed by atoms with Gasteiger partial charge in [0.15, 0.2) is 0 Å². The first-order valence-electron chi connectivity index (χ1n) is 18.4. The first-order chi connectivity index (χ1) is 25.5. The second-order valence-electron chi connectivity index (χ2n) is 11.4. The molecule has 2 nitrogen and oxygen atoms in total. The molecule has 0 amide bonds. The van der Waals surface area contributed by atoms with Crippen LogP contribution in [0.1, 0.15) is 24.9 Å². The summed E-state index contributed by atoms with van der Waals surface area (Å²) in [6.45, 7) is -2.23. The molecule has 2 aromatic heterocycles. The Hall–Kier alpha value is -5.21. The maximum Gasteiger partial charge on any atom is 0.0280 e. The van der Waals surface area contributed by atoms with Gasteiger partial charge in [-0.05, 0) is 80.6 Å². The van der Waals surface area contributed by atoms with Crippen LogP contribution < -0.4 is 0 Å². The van der Waals surface area contributed by atoms with Gasteiger partial charge in [0, 0.05) is 40.7 Å². The summed E-state index contributed by atoms with van der Waals surface area (Å²) in [6, 6.07) is 52.5. The molecule has 0 bridgehead atoms. The number of hydrogen-bond acceptors (Lipinski definition) is 2. The SMILES string of the molecule is Cc1cnc(-c2[c-]ccc(-c3cc4ccccc4c4ccccc34)c2)cc1-c1ccccc1.[2H]C([2H])([2H])c1c[c-]c(-c2ccc(C([2H])([2H])[2H])cn2)cc1.[Ir]. The third kappa shape index (κ3) is 7.04. The number of benzene rings is 6. The van der Waals surface area contributed by atoms with E-state index in [1.165, 1.54) is 73.8 Å². The summed E-state index contributed by atoms with van der Waals surface area (Å²) in [5.74, 6) is 0. The molecule has 0 fully saturated rings. The second kappa shape index (κ2) is 14.7. The predicted molar refractivity (Wildman–Crippen MR) is 197 cm³/mol. The van der Waals surface area contributed by atoms with E-state index in [1.54, 1.807) is 12.1 Å². The molecule has 0 unspecified atom stereocenters. The predicted octanol–water partition coefficient (Wildman–Crippen LogP) is 11.7. The summed E-state index contributed by atoms with van der Waals surface area (Å²) in [6.07, 6.45) is 3.26. The van der Waals surface area contributed by atoms with Crippen molar-refractivity contribution in [3.8, 4) is 44.8 Å². The average Bonchev–Trinajstić information content (AvgIpc) is 3.18. The van der Waals surface area contributed by atoms with Crippen LogP contribution in [0.25, 0.3) is 66.3 Å². The Labute approximate surface area is 305 Å². The Morgan fingerprint density at radius 2 is 1.27 bits per heavy atom. The van der Waals surface area contributed by atoms with Gasteiger partial charge in [-0.1, -0.05) is 104 Å². The van der Waals surface area contributed by atoms with Gasteiger partial charge in [-0.15, -0.1) is 70.8 Å². The second-order valence-corrected chi connectivity index (χ2v) is 11.4. The molecule has 6 aromatic carbocycles. The number of aryl methyl sites for hydroxylation is 3. The van der Waals surface area contributed by atoms with Crippen molar-refractivity contribution in [2.45, 2.75) is 20.6 Å². The summed E-state index contributed by atoms with van der Waals surface area (Å²) in [5, 5.41) is 5.07. The fraction of sp³-hybridized carbons (Fsp3) is 0.0667. The van der Waals surface area contributed by atoms with Crippen molar-refractivity contribution in [2.24, 2.45) is 0 Å². The Kier molecular flexibility index (Phi) is 7.91.